The van der Waals surface area contributed by atoms with E-state index in [2.05, 4.69) is 16.4 Å². The number of fused-ring (bicyclic) bond motifs is 2. The number of benzene rings is 1. The predicted octanol–water partition coefficient (Wildman–Crippen LogP) is 4.91. The zero-order chi connectivity index (χ0) is 16.8. The maximum Gasteiger partial charge on any atom is 0.228 e. The topological polar surface area (TPSA) is 57.8 Å². The van der Waals surface area contributed by atoms with Gasteiger partial charge in [0.2, 0.25) is 5.91 Å². The summed E-state index contributed by atoms with van der Waals surface area (Å²) in [5.41, 5.74) is 4.54. The van der Waals surface area contributed by atoms with Crippen molar-refractivity contribution < 1.29 is 4.79 Å². The molecule has 1 amide bonds. The fourth-order valence-electron chi connectivity index (χ4n) is 3.86. The van der Waals surface area contributed by atoms with Crippen LogP contribution in [-0.2, 0) is 17.6 Å². The number of hydrogen-bond acceptors (Lipinski definition) is 3. The molecule has 4 nitrogen and oxygen atoms in total. The number of H-pyrrole nitrogens is 1. The Kier molecular flexibility index (Phi) is 3.63. The van der Waals surface area contributed by atoms with Crippen molar-refractivity contribution in [3.63, 3.8) is 0 Å². The van der Waals surface area contributed by atoms with Gasteiger partial charge in [0.1, 0.15) is 10.8 Å². The van der Waals surface area contributed by atoms with Crippen molar-refractivity contribution in [2.24, 2.45) is 5.92 Å². The highest BCUT2D eigenvalue weighted by atomic mass is 32.1. The Hall–Kier alpha value is -2.14. The van der Waals surface area contributed by atoms with Gasteiger partial charge in [0.15, 0.2) is 0 Å². The van der Waals surface area contributed by atoms with Gasteiger partial charge in [-0.15, -0.1) is 11.3 Å². The Morgan fingerprint density at radius 3 is 2.80 bits per heavy atom. The Morgan fingerprint density at radius 1 is 1.16 bits per heavy atom. The van der Waals surface area contributed by atoms with Crippen LogP contribution < -0.4 is 5.32 Å². The lowest BCUT2D eigenvalue weighted by atomic mass is 9.85. The van der Waals surface area contributed by atoms with E-state index in [-0.39, 0.29) is 11.8 Å². The van der Waals surface area contributed by atoms with Gasteiger partial charge >= 0.3 is 0 Å². The number of aryl methyl sites for hydroxylation is 1. The average molecular weight is 351 g/mol. The zero-order valence-electron chi connectivity index (χ0n) is 14.1. The van der Waals surface area contributed by atoms with Crippen molar-refractivity contribution >= 4 is 33.3 Å². The molecule has 128 valence electrons. The Morgan fingerprint density at radius 2 is 2.00 bits per heavy atom. The summed E-state index contributed by atoms with van der Waals surface area (Å²) in [6.45, 7) is 0. The van der Waals surface area contributed by atoms with Crippen LogP contribution in [0.3, 0.4) is 0 Å². The van der Waals surface area contributed by atoms with Crippen LogP contribution in [0.1, 0.15) is 42.5 Å². The highest BCUT2D eigenvalue weighted by Gasteiger charge is 2.29. The lowest BCUT2D eigenvalue weighted by Crippen LogP contribution is -2.27. The first-order valence-electron chi connectivity index (χ1n) is 9.20. The predicted molar refractivity (Wildman–Crippen MR) is 102 cm³/mol. The molecule has 0 unspecified atom stereocenters. The summed E-state index contributed by atoms with van der Waals surface area (Å²) in [7, 11) is 0. The first-order chi connectivity index (χ1) is 12.3. The third kappa shape index (κ3) is 2.58. The number of para-hydroxylation sites is 2. The van der Waals surface area contributed by atoms with Crippen LogP contribution in [-0.4, -0.2) is 15.9 Å². The Balaban J connectivity index is 1.60. The van der Waals surface area contributed by atoms with Crippen molar-refractivity contribution in [1.29, 1.82) is 0 Å². The molecular formula is C20H21N3OS. The minimum absolute atomic E-state index is 0.183. The van der Waals surface area contributed by atoms with Gasteiger partial charge in [0.05, 0.1) is 16.6 Å². The van der Waals surface area contributed by atoms with Crippen molar-refractivity contribution in [3.8, 4) is 11.4 Å². The van der Waals surface area contributed by atoms with Gasteiger partial charge in [0, 0.05) is 10.8 Å². The van der Waals surface area contributed by atoms with Gasteiger partial charge in [0.25, 0.3) is 0 Å². The average Bonchev–Trinajstić information content (AvgIpc) is 3.12. The van der Waals surface area contributed by atoms with E-state index in [0.717, 1.165) is 53.1 Å². The molecule has 2 aromatic heterocycles. The SMILES string of the molecule is O=C(Nc1sc2c(c1-c1nc3ccccc3[nH]1)CCCC2)C1CCC1. The van der Waals surface area contributed by atoms with E-state index in [4.69, 9.17) is 4.98 Å². The first kappa shape index (κ1) is 15.1. The summed E-state index contributed by atoms with van der Waals surface area (Å²) < 4.78 is 0. The minimum Gasteiger partial charge on any atom is -0.338 e. The van der Waals surface area contributed by atoms with E-state index in [9.17, 15) is 4.79 Å². The third-order valence-corrected chi connectivity index (χ3v) is 6.72. The standard InChI is InChI=1S/C20H21N3OS/c24-19(12-6-5-7-12)23-20-17(13-8-1-4-11-16(13)25-20)18-21-14-9-2-3-10-15(14)22-18/h2-3,9-10,12H,1,4-8,11H2,(H,21,22)(H,23,24). The number of aromatic nitrogens is 2. The van der Waals surface area contributed by atoms with Crippen LogP contribution in [0, 0.1) is 5.92 Å². The number of hydrogen-bond donors (Lipinski definition) is 2. The summed E-state index contributed by atoms with van der Waals surface area (Å²) in [6, 6.07) is 8.11. The molecule has 2 aliphatic rings. The van der Waals surface area contributed by atoms with Gasteiger partial charge in [-0.05, 0) is 56.2 Å². The summed E-state index contributed by atoms with van der Waals surface area (Å²) in [4.78, 5) is 22.2. The van der Waals surface area contributed by atoms with Gasteiger partial charge in [-0.1, -0.05) is 18.6 Å². The lowest BCUT2D eigenvalue weighted by Gasteiger charge is -2.23. The second-order valence-corrected chi connectivity index (χ2v) is 8.24. The molecule has 0 radical (unpaired) electrons. The van der Waals surface area contributed by atoms with Crippen molar-refractivity contribution in [2.45, 2.75) is 44.9 Å². The Labute approximate surface area is 150 Å². The zero-order valence-corrected chi connectivity index (χ0v) is 14.9. The number of carbonyl (C=O) groups is 1. The van der Waals surface area contributed by atoms with E-state index in [0.29, 0.717) is 0 Å². The molecule has 0 aliphatic heterocycles. The smallest absolute Gasteiger partial charge is 0.228 e. The summed E-state index contributed by atoms with van der Waals surface area (Å²) in [6.07, 6.45) is 7.88. The van der Waals surface area contributed by atoms with Gasteiger partial charge in [-0.2, -0.15) is 0 Å². The maximum atomic E-state index is 12.5. The molecule has 0 bridgehead atoms. The number of carbonyl (C=O) groups excluding carboxylic acids is 1. The highest BCUT2D eigenvalue weighted by molar-refractivity contribution is 7.17. The fraction of sp³-hybridized carbons (Fsp3) is 0.400. The normalized spacial score (nSPS) is 17.3. The summed E-state index contributed by atoms with van der Waals surface area (Å²) >= 11 is 1.76. The van der Waals surface area contributed by atoms with E-state index in [1.54, 1.807) is 11.3 Å². The molecule has 25 heavy (non-hydrogen) atoms. The van der Waals surface area contributed by atoms with Crippen molar-refractivity contribution in [3.05, 3.63) is 34.7 Å². The number of rotatable bonds is 3. The number of aromatic amines is 1. The molecule has 1 aromatic carbocycles. The molecule has 2 aliphatic carbocycles. The lowest BCUT2D eigenvalue weighted by molar-refractivity contribution is -0.122. The van der Waals surface area contributed by atoms with Gasteiger partial charge in [-0.25, -0.2) is 4.98 Å². The van der Waals surface area contributed by atoms with E-state index in [1.807, 2.05) is 18.2 Å². The molecule has 0 atom stereocenters. The van der Waals surface area contributed by atoms with Crippen LogP contribution in [0.25, 0.3) is 22.4 Å². The van der Waals surface area contributed by atoms with Crippen molar-refractivity contribution in [1.82, 2.24) is 9.97 Å². The maximum absolute atomic E-state index is 12.5. The number of imidazole rings is 1. The van der Waals surface area contributed by atoms with E-state index >= 15 is 0 Å². The van der Waals surface area contributed by atoms with Gasteiger partial charge < -0.3 is 10.3 Å². The molecule has 5 rings (SSSR count). The number of nitrogens with zero attached hydrogens (tertiary/aromatic N) is 1. The molecular weight excluding hydrogens is 330 g/mol. The van der Waals surface area contributed by atoms with Gasteiger partial charge in [-0.3, -0.25) is 4.79 Å². The summed E-state index contributed by atoms with van der Waals surface area (Å²) in [5, 5.41) is 4.22. The molecule has 5 heteroatoms. The monoisotopic (exact) mass is 351 g/mol. The third-order valence-electron chi connectivity index (χ3n) is 5.51. The number of amides is 1. The number of thiophene rings is 1. The van der Waals surface area contributed by atoms with Crippen LogP contribution in [0.4, 0.5) is 5.00 Å². The molecule has 1 fully saturated rings. The molecule has 1 saturated carbocycles. The van der Waals surface area contributed by atoms with E-state index in [1.165, 1.54) is 29.7 Å². The second kappa shape index (κ2) is 5.99. The molecule has 2 heterocycles. The molecule has 3 aromatic rings. The minimum atomic E-state index is 0.183. The van der Waals surface area contributed by atoms with Crippen molar-refractivity contribution in [2.75, 3.05) is 5.32 Å². The largest absolute Gasteiger partial charge is 0.338 e. The highest BCUT2D eigenvalue weighted by Crippen LogP contribution is 2.44. The number of anilines is 1. The van der Waals surface area contributed by atoms with Crippen LogP contribution in [0.15, 0.2) is 24.3 Å². The second-order valence-electron chi connectivity index (χ2n) is 7.13. The molecule has 0 saturated heterocycles. The molecule has 2 N–H and O–H groups in total. The quantitative estimate of drug-likeness (QED) is 0.704. The molecule has 0 spiro atoms. The van der Waals surface area contributed by atoms with Crippen LogP contribution >= 0.6 is 11.3 Å². The Bertz CT molecular complexity index is 918. The fourth-order valence-corrected chi connectivity index (χ4v) is 5.15. The summed E-state index contributed by atoms with van der Waals surface area (Å²) in [5.74, 6) is 1.27. The van der Waals surface area contributed by atoms with Crippen LogP contribution in [0.2, 0.25) is 0 Å². The number of nitrogens with one attached hydrogen (secondary N) is 2. The van der Waals surface area contributed by atoms with E-state index < -0.39 is 0 Å². The van der Waals surface area contributed by atoms with Crippen LogP contribution in [0.5, 0.6) is 0 Å². The first-order valence-corrected chi connectivity index (χ1v) is 10.0.